The van der Waals surface area contributed by atoms with Gasteiger partial charge in [0.1, 0.15) is 5.82 Å². The summed E-state index contributed by atoms with van der Waals surface area (Å²) in [7, 11) is 0. The zero-order valence-electron chi connectivity index (χ0n) is 11.2. The summed E-state index contributed by atoms with van der Waals surface area (Å²) in [5.74, 6) is -0.257. The molecule has 0 spiro atoms. The van der Waals surface area contributed by atoms with Crippen LogP contribution in [0.2, 0.25) is 0 Å². The Morgan fingerprint density at radius 2 is 1.90 bits per heavy atom. The van der Waals surface area contributed by atoms with Crippen LogP contribution in [0.1, 0.15) is 34.7 Å². The molecule has 0 heterocycles. The fraction of sp³-hybridized carbons (Fsp3) is 0.294. The van der Waals surface area contributed by atoms with Crippen molar-refractivity contribution in [3.8, 4) is 0 Å². The van der Waals surface area contributed by atoms with E-state index in [0.717, 1.165) is 12.0 Å². The molecule has 3 rings (SSSR count). The number of fused-ring (bicyclic) bond motifs is 1. The van der Waals surface area contributed by atoms with E-state index in [1.54, 1.807) is 6.07 Å². The van der Waals surface area contributed by atoms with Crippen molar-refractivity contribution < 1.29 is 4.39 Å². The van der Waals surface area contributed by atoms with E-state index in [2.05, 4.69) is 34.1 Å². The lowest BCUT2D eigenvalue weighted by atomic mass is 9.97. The van der Waals surface area contributed by atoms with E-state index in [9.17, 15) is 4.39 Å². The molecule has 1 unspecified atom stereocenters. The Bertz CT molecular complexity index is 639. The number of benzene rings is 2. The van der Waals surface area contributed by atoms with Gasteiger partial charge >= 0.3 is 0 Å². The topological polar surface area (TPSA) is 26.0 Å². The Morgan fingerprint density at radius 3 is 2.70 bits per heavy atom. The lowest BCUT2D eigenvalue weighted by molar-refractivity contribution is 0.612. The van der Waals surface area contributed by atoms with E-state index in [1.165, 1.54) is 42.0 Å². The van der Waals surface area contributed by atoms with Gasteiger partial charge in [-0.1, -0.05) is 24.3 Å². The van der Waals surface area contributed by atoms with Crippen LogP contribution in [0.5, 0.6) is 0 Å². The van der Waals surface area contributed by atoms with Crippen LogP contribution in [-0.2, 0) is 19.3 Å². The van der Waals surface area contributed by atoms with E-state index in [-0.39, 0.29) is 11.9 Å². The molecular formula is C17H17BrFN. The summed E-state index contributed by atoms with van der Waals surface area (Å²) in [6.45, 7) is 0. The van der Waals surface area contributed by atoms with Crippen molar-refractivity contribution in [2.75, 3.05) is 0 Å². The van der Waals surface area contributed by atoms with Gasteiger partial charge in [0.15, 0.2) is 0 Å². The van der Waals surface area contributed by atoms with E-state index in [4.69, 9.17) is 5.73 Å². The number of halogens is 2. The molecule has 2 aromatic carbocycles. The molecule has 1 atom stereocenters. The van der Waals surface area contributed by atoms with Crippen molar-refractivity contribution in [3.05, 3.63) is 68.9 Å². The van der Waals surface area contributed by atoms with Crippen molar-refractivity contribution in [1.82, 2.24) is 0 Å². The van der Waals surface area contributed by atoms with Gasteiger partial charge in [0.05, 0.1) is 4.47 Å². The highest BCUT2D eigenvalue weighted by atomic mass is 79.9. The lowest BCUT2D eigenvalue weighted by Crippen LogP contribution is -2.13. The minimum atomic E-state index is -0.257. The van der Waals surface area contributed by atoms with Gasteiger partial charge in [-0.3, -0.25) is 0 Å². The zero-order chi connectivity index (χ0) is 14.1. The Kier molecular flexibility index (Phi) is 3.90. The maximum absolute atomic E-state index is 13.6. The smallest absolute Gasteiger partial charge is 0.137 e. The summed E-state index contributed by atoms with van der Waals surface area (Å²) >= 11 is 3.16. The second-order valence-corrected chi connectivity index (χ2v) is 6.30. The van der Waals surface area contributed by atoms with Gasteiger partial charge < -0.3 is 5.73 Å². The SMILES string of the molecule is NC(Cc1ccc2c(c1)CCC2)c1ccc(Br)c(F)c1. The maximum atomic E-state index is 13.6. The largest absolute Gasteiger partial charge is 0.324 e. The van der Waals surface area contributed by atoms with E-state index in [0.29, 0.717) is 4.47 Å². The van der Waals surface area contributed by atoms with Gasteiger partial charge in [-0.15, -0.1) is 0 Å². The van der Waals surface area contributed by atoms with Crippen LogP contribution in [0, 0.1) is 5.82 Å². The monoisotopic (exact) mass is 333 g/mol. The van der Waals surface area contributed by atoms with Crippen LogP contribution in [0.4, 0.5) is 4.39 Å². The van der Waals surface area contributed by atoms with Crippen LogP contribution in [0.25, 0.3) is 0 Å². The van der Waals surface area contributed by atoms with Crippen molar-refractivity contribution in [3.63, 3.8) is 0 Å². The summed E-state index contributed by atoms with van der Waals surface area (Å²) < 4.78 is 14.0. The number of hydrogen-bond acceptors (Lipinski definition) is 1. The summed E-state index contributed by atoms with van der Waals surface area (Å²) in [5.41, 5.74) is 11.2. The number of hydrogen-bond donors (Lipinski definition) is 1. The highest BCUT2D eigenvalue weighted by Crippen LogP contribution is 2.26. The summed E-state index contributed by atoms with van der Waals surface area (Å²) in [6, 6.07) is 11.6. The van der Waals surface area contributed by atoms with Crippen LogP contribution in [-0.4, -0.2) is 0 Å². The molecule has 0 aliphatic heterocycles. The van der Waals surface area contributed by atoms with Gasteiger partial charge in [-0.2, -0.15) is 0 Å². The van der Waals surface area contributed by atoms with Gasteiger partial charge in [0, 0.05) is 6.04 Å². The molecule has 1 aliphatic rings. The van der Waals surface area contributed by atoms with Crippen LogP contribution < -0.4 is 5.73 Å². The molecule has 0 bridgehead atoms. The fourth-order valence-electron chi connectivity index (χ4n) is 2.87. The van der Waals surface area contributed by atoms with Crippen molar-refractivity contribution in [2.24, 2.45) is 5.73 Å². The predicted octanol–water partition coefficient (Wildman–Crippen LogP) is 4.32. The average molecular weight is 334 g/mol. The third-order valence-electron chi connectivity index (χ3n) is 3.99. The van der Waals surface area contributed by atoms with Crippen molar-refractivity contribution in [2.45, 2.75) is 31.7 Å². The quantitative estimate of drug-likeness (QED) is 0.889. The maximum Gasteiger partial charge on any atom is 0.137 e. The molecule has 104 valence electrons. The number of nitrogens with two attached hydrogens (primary N) is 1. The van der Waals surface area contributed by atoms with E-state index >= 15 is 0 Å². The van der Waals surface area contributed by atoms with Crippen LogP contribution in [0.15, 0.2) is 40.9 Å². The van der Waals surface area contributed by atoms with Crippen LogP contribution in [0.3, 0.4) is 0 Å². The van der Waals surface area contributed by atoms with E-state index < -0.39 is 0 Å². The standard InChI is InChI=1S/C17H17BrFN/c18-15-7-6-14(10-16(15)19)17(20)9-11-4-5-12-2-1-3-13(12)8-11/h4-8,10,17H,1-3,9,20H2. The van der Waals surface area contributed by atoms with Crippen molar-refractivity contribution in [1.29, 1.82) is 0 Å². The van der Waals surface area contributed by atoms with E-state index in [1.807, 2.05) is 6.07 Å². The molecule has 2 N–H and O–H groups in total. The highest BCUT2D eigenvalue weighted by Gasteiger charge is 2.13. The van der Waals surface area contributed by atoms with Gasteiger partial charge in [-0.05, 0) is 76.0 Å². The second kappa shape index (κ2) is 5.66. The lowest BCUT2D eigenvalue weighted by Gasteiger charge is -2.13. The molecule has 0 saturated carbocycles. The van der Waals surface area contributed by atoms with Gasteiger partial charge in [0.2, 0.25) is 0 Å². The molecule has 0 fully saturated rings. The first-order valence-corrected chi connectivity index (χ1v) is 7.74. The van der Waals surface area contributed by atoms with Crippen molar-refractivity contribution >= 4 is 15.9 Å². The Morgan fingerprint density at radius 1 is 1.10 bits per heavy atom. The first kappa shape index (κ1) is 13.8. The molecule has 0 radical (unpaired) electrons. The molecule has 0 aromatic heterocycles. The summed E-state index contributed by atoms with van der Waals surface area (Å²) in [5, 5.41) is 0. The fourth-order valence-corrected chi connectivity index (χ4v) is 3.11. The first-order valence-electron chi connectivity index (χ1n) is 6.94. The molecule has 0 amide bonds. The van der Waals surface area contributed by atoms with Crippen LogP contribution >= 0.6 is 15.9 Å². The molecular weight excluding hydrogens is 317 g/mol. The molecule has 2 aromatic rings. The molecule has 1 nitrogen and oxygen atoms in total. The molecule has 3 heteroatoms. The number of aryl methyl sites for hydroxylation is 2. The number of rotatable bonds is 3. The first-order chi connectivity index (χ1) is 9.63. The highest BCUT2D eigenvalue weighted by molar-refractivity contribution is 9.10. The minimum absolute atomic E-state index is 0.169. The zero-order valence-corrected chi connectivity index (χ0v) is 12.8. The Labute approximate surface area is 127 Å². The molecule has 0 saturated heterocycles. The Balaban J connectivity index is 1.78. The molecule has 1 aliphatic carbocycles. The predicted molar refractivity (Wildman–Crippen MR) is 83.2 cm³/mol. The Hall–Kier alpha value is -1.19. The average Bonchev–Trinajstić information content (AvgIpc) is 2.89. The normalized spacial score (nSPS) is 15.2. The third-order valence-corrected chi connectivity index (χ3v) is 4.63. The van der Waals surface area contributed by atoms with Gasteiger partial charge in [-0.25, -0.2) is 4.39 Å². The summed E-state index contributed by atoms with van der Waals surface area (Å²) in [6.07, 6.45) is 4.36. The second-order valence-electron chi connectivity index (χ2n) is 5.44. The molecule has 20 heavy (non-hydrogen) atoms. The van der Waals surface area contributed by atoms with Gasteiger partial charge in [0.25, 0.3) is 0 Å². The minimum Gasteiger partial charge on any atom is -0.324 e. The third kappa shape index (κ3) is 2.79. The summed E-state index contributed by atoms with van der Waals surface area (Å²) in [4.78, 5) is 0.